The molecule has 110 valence electrons. The van der Waals surface area contributed by atoms with Gasteiger partial charge in [0.05, 0.1) is 0 Å². The molecule has 21 heavy (non-hydrogen) atoms. The number of anilines is 3. The average molecular weight is 287 g/mol. The van der Waals surface area contributed by atoms with E-state index in [0.29, 0.717) is 24.3 Å². The molecular formula is C16H18FN3O. The molecule has 2 rings (SSSR count). The van der Waals surface area contributed by atoms with E-state index in [4.69, 9.17) is 5.73 Å². The van der Waals surface area contributed by atoms with Crippen LogP contribution in [-0.2, 0) is 4.79 Å². The number of nitrogens with zero attached hydrogens (tertiary/aromatic N) is 1. The second-order valence-electron chi connectivity index (χ2n) is 4.83. The number of hydrogen-bond acceptors (Lipinski definition) is 3. The maximum atomic E-state index is 13.1. The van der Waals surface area contributed by atoms with Crippen LogP contribution in [0.3, 0.4) is 0 Å². The van der Waals surface area contributed by atoms with Crippen molar-refractivity contribution < 1.29 is 9.18 Å². The van der Waals surface area contributed by atoms with E-state index < -0.39 is 0 Å². The van der Waals surface area contributed by atoms with Crippen molar-refractivity contribution in [3.05, 3.63) is 54.3 Å². The van der Waals surface area contributed by atoms with Crippen LogP contribution < -0.4 is 16.0 Å². The summed E-state index contributed by atoms with van der Waals surface area (Å²) in [6, 6.07) is 13.3. The Kier molecular flexibility index (Phi) is 4.77. The molecule has 0 aromatic heterocycles. The summed E-state index contributed by atoms with van der Waals surface area (Å²) in [7, 11) is 1.82. The maximum absolute atomic E-state index is 13.1. The first-order chi connectivity index (χ1) is 10.0. The van der Waals surface area contributed by atoms with Crippen molar-refractivity contribution in [2.24, 2.45) is 0 Å². The molecule has 2 aromatic carbocycles. The Balaban J connectivity index is 1.86. The van der Waals surface area contributed by atoms with Gasteiger partial charge in [-0.1, -0.05) is 12.1 Å². The van der Waals surface area contributed by atoms with Gasteiger partial charge in [-0.3, -0.25) is 4.79 Å². The van der Waals surface area contributed by atoms with E-state index in [2.05, 4.69) is 5.32 Å². The Labute approximate surface area is 123 Å². The average Bonchev–Trinajstić information content (AvgIpc) is 2.45. The maximum Gasteiger partial charge on any atom is 0.226 e. The quantitative estimate of drug-likeness (QED) is 0.831. The van der Waals surface area contributed by atoms with Gasteiger partial charge < -0.3 is 16.0 Å². The molecule has 1 amide bonds. The third-order valence-electron chi connectivity index (χ3n) is 3.09. The van der Waals surface area contributed by atoms with Gasteiger partial charge in [-0.15, -0.1) is 0 Å². The third-order valence-corrected chi connectivity index (χ3v) is 3.09. The summed E-state index contributed by atoms with van der Waals surface area (Å²) < 4.78 is 13.1. The van der Waals surface area contributed by atoms with Crippen molar-refractivity contribution in [3.63, 3.8) is 0 Å². The van der Waals surface area contributed by atoms with Crippen molar-refractivity contribution in [2.45, 2.75) is 6.42 Å². The first kappa shape index (κ1) is 14.8. The van der Waals surface area contributed by atoms with Crippen LogP contribution in [-0.4, -0.2) is 19.5 Å². The predicted molar refractivity (Wildman–Crippen MR) is 83.8 cm³/mol. The molecule has 0 aliphatic rings. The zero-order valence-corrected chi connectivity index (χ0v) is 11.8. The third kappa shape index (κ3) is 4.49. The predicted octanol–water partition coefficient (Wildman–Crippen LogP) is 2.87. The molecular weight excluding hydrogens is 269 g/mol. The number of hydrogen-bond donors (Lipinski definition) is 2. The molecule has 0 fully saturated rings. The Hall–Kier alpha value is -2.56. The lowest BCUT2D eigenvalue weighted by Crippen LogP contribution is -2.24. The normalized spacial score (nSPS) is 10.2. The number of carbonyl (C=O) groups is 1. The number of amides is 1. The number of nitrogens with one attached hydrogen (secondary N) is 1. The minimum absolute atomic E-state index is 0.108. The highest BCUT2D eigenvalue weighted by atomic mass is 19.1. The van der Waals surface area contributed by atoms with Gasteiger partial charge in [-0.05, 0) is 36.4 Å². The van der Waals surface area contributed by atoms with Crippen LogP contribution in [0.5, 0.6) is 0 Å². The fourth-order valence-corrected chi connectivity index (χ4v) is 1.95. The summed E-state index contributed by atoms with van der Waals surface area (Å²) >= 11 is 0. The summed E-state index contributed by atoms with van der Waals surface area (Å²) in [4.78, 5) is 13.7. The summed E-state index contributed by atoms with van der Waals surface area (Å²) in [5.41, 5.74) is 7.67. The zero-order chi connectivity index (χ0) is 15.2. The highest BCUT2D eigenvalue weighted by molar-refractivity contribution is 5.91. The number of nitrogen functional groups attached to an aromatic ring is 1. The molecule has 0 atom stereocenters. The molecule has 0 aliphatic heterocycles. The minimum Gasteiger partial charge on any atom is -0.399 e. The fraction of sp³-hybridized carbons (Fsp3) is 0.188. The van der Waals surface area contributed by atoms with E-state index >= 15 is 0 Å². The Morgan fingerprint density at radius 2 is 2.00 bits per heavy atom. The molecule has 0 saturated carbocycles. The molecule has 0 bridgehead atoms. The fourth-order valence-electron chi connectivity index (χ4n) is 1.95. The van der Waals surface area contributed by atoms with Gasteiger partial charge in [0, 0.05) is 37.1 Å². The first-order valence-electron chi connectivity index (χ1n) is 6.67. The van der Waals surface area contributed by atoms with Crippen molar-refractivity contribution in [3.8, 4) is 0 Å². The second-order valence-corrected chi connectivity index (χ2v) is 4.83. The lowest BCUT2D eigenvalue weighted by Gasteiger charge is -2.19. The Bertz CT molecular complexity index is 630. The number of halogens is 1. The molecule has 0 spiro atoms. The van der Waals surface area contributed by atoms with Gasteiger partial charge in [0.2, 0.25) is 5.91 Å². The van der Waals surface area contributed by atoms with Gasteiger partial charge in [0.25, 0.3) is 0 Å². The molecule has 0 unspecified atom stereocenters. The van der Waals surface area contributed by atoms with Crippen molar-refractivity contribution in [1.82, 2.24) is 0 Å². The SMILES string of the molecule is CN(CCC(=O)Nc1cccc(N)c1)c1cccc(F)c1. The smallest absolute Gasteiger partial charge is 0.226 e. The van der Waals surface area contributed by atoms with Gasteiger partial charge in [-0.2, -0.15) is 0 Å². The molecule has 0 saturated heterocycles. The largest absolute Gasteiger partial charge is 0.399 e. The Morgan fingerprint density at radius 3 is 2.71 bits per heavy atom. The van der Waals surface area contributed by atoms with Crippen LogP contribution in [0.25, 0.3) is 0 Å². The number of benzene rings is 2. The molecule has 5 heteroatoms. The van der Waals surface area contributed by atoms with Crippen LogP contribution in [0.1, 0.15) is 6.42 Å². The van der Waals surface area contributed by atoms with Crippen LogP contribution in [0.2, 0.25) is 0 Å². The number of carbonyl (C=O) groups excluding carboxylic acids is 1. The molecule has 2 aromatic rings. The zero-order valence-electron chi connectivity index (χ0n) is 11.8. The lowest BCUT2D eigenvalue weighted by atomic mass is 10.2. The molecule has 0 aliphatic carbocycles. The monoisotopic (exact) mass is 287 g/mol. The minimum atomic E-state index is -0.288. The van der Waals surface area contributed by atoms with Gasteiger partial charge in [0.15, 0.2) is 0 Å². The number of rotatable bonds is 5. The highest BCUT2D eigenvalue weighted by Crippen LogP contribution is 2.15. The van der Waals surface area contributed by atoms with Crippen molar-refractivity contribution >= 4 is 23.0 Å². The molecule has 0 radical (unpaired) electrons. The molecule has 0 heterocycles. The van der Waals surface area contributed by atoms with E-state index in [9.17, 15) is 9.18 Å². The van der Waals surface area contributed by atoms with Gasteiger partial charge in [-0.25, -0.2) is 4.39 Å². The molecule has 4 nitrogen and oxygen atoms in total. The van der Waals surface area contributed by atoms with E-state index in [1.54, 1.807) is 36.4 Å². The topological polar surface area (TPSA) is 58.4 Å². The first-order valence-corrected chi connectivity index (χ1v) is 6.67. The van der Waals surface area contributed by atoms with Crippen LogP contribution in [0, 0.1) is 5.82 Å². The van der Waals surface area contributed by atoms with E-state index in [1.807, 2.05) is 11.9 Å². The van der Waals surface area contributed by atoms with E-state index in [1.165, 1.54) is 12.1 Å². The van der Waals surface area contributed by atoms with E-state index in [0.717, 1.165) is 5.69 Å². The van der Waals surface area contributed by atoms with Crippen molar-refractivity contribution in [1.29, 1.82) is 0 Å². The standard InChI is InChI=1S/C16H18FN3O/c1-20(15-7-2-4-12(17)10-15)9-8-16(21)19-14-6-3-5-13(18)11-14/h2-7,10-11H,8-9,18H2,1H3,(H,19,21). The van der Waals surface area contributed by atoms with Gasteiger partial charge in [0.1, 0.15) is 5.82 Å². The van der Waals surface area contributed by atoms with Crippen LogP contribution in [0.15, 0.2) is 48.5 Å². The Morgan fingerprint density at radius 1 is 1.24 bits per heavy atom. The highest BCUT2D eigenvalue weighted by Gasteiger charge is 2.07. The summed E-state index contributed by atoms with van der Waals surface area (Å²) in [5.74, 6) is -0.396. The lowest BCUT2D eigenvalue weighted by molar-refractivity contribution is -0.116. The summed E-state index contributed by atoms with van der Waals surface area (Å²) in [6.07, 6.45) is 0.307. The number of nitrogens with two attached hydrogens (primary N) is 1. The summed E-state index contributed by atoms with van der Waals surface area (Å²) in [5, 5.41) is 2.78. The second kappa shape index (κ2) is 6.74. The molecule has 3 N–H and O–H groups in total. The van der Waals surface area contributed by atoms with Crippen molar-refractivity contribution in [2.75, 3.05) is 29.5 Å². The van der Waals surface area contributed by atoms with Gasteiger partial charge >= 0.3 is 0 Å². The summed E-state index contributed by atoms with van der Waals surface area (Å²) in [6.45, 7) is 0.498. The van der Waals surface area contributed by atoms with Crippen LogP contribution >= 0.6 is 0 Å². The van der Waals surface area contributed by atoms with Crippen LogP contribution in [0.4, 0.5) is 21.5 Å². The van der Waals surface area contributed by atoms with E-state index in [-0.39, 0.29) is 11.7 Å².